The summed E-state index contributed by atoms with van der Waals surface area (Å²) in [6.07, 6.45) is -3.76. The van der Waals surface area contributed by atoms with E-state index in [4.69, 9.17) is 0 Å². The Labute approximate surface area is 168 Å². The van der Waals surface area contributed by atoms with Gasteiger partial charge in [0, 0.05) is 30.6 Å². The van der Waals surface area contributed by atoms with Crippen molar-refractivity contribution in [3.63, 3.8) is 0 Å². The van der Waals surface area contributed by atoms with Gasteiger partial charge in [0.15, 0.2) is 5.65 Å². The first-order chi connectivity index (χ1) is 14.3. The van der Waals surface area contributed by atoms with E-state index >= 15 is 0 Å². The third-order valence-corrected chi connectivity index (χ3v) is 4.92. The largest absolute Gasteiger partial charge is 0.573 e. The number of fused-ring (bicyclic) bond motifs is 1. The van der Waals surface area contributed by atoms with Gasteiger partial charge in [0.1, 0.15) is 11.9 Å². The quantitative estimate of drug-likeness (QED) is 0.589. The number of ether oxygens (including phenoxy) is 1. The van der Waals surface area contributed by atoms with Gasteiger partial charge in [-0.05, 0) is 35.9 Å². The van der Waals surface area contributed by atoms with Crippen LogP contribution in [-0.2, 0) is 4.79 Å². The zero-order valence-electron chi connectivity index (χ0n) is 15.5. The molecule has 0 radical (unpaired) electrons. The van der Waals surface area contributed by atoms with Gasteiger partial charge in [0.25, 0.3) is 0 Å². The Morgan fingerprint density at radius 2 is 1.93 bits per heavy atom. The lowest BCUT2D eigenvalue weighted by atomic mass is 9.92. The molecule has 2 aromatic heterocycles. The normalized spacial score (nSPS) is 15.8. The molecule has 158 valence electrons. The number of nitrogens with zero attached hydrogens (tertiary/aromatic N) is 4. The molecule has 8 nitrogen and oxygen atoms in total. The van der Waals surface area contributed by atoms with Crippen LogP contribution in [0.3, 0.4) is 0 Å². The number of hydrogen-bond acceptors (Lipinski definition) is 6. The van der Waals surface area contributed by atoms with Gasteiger partial charge in [0.2, 0.25) is 6.41 Å². The smallest absolute Gasteiger partial charge is 0.406 e. The highest BCUT2D eigenvalue weighted by Gasteiger charge is 2.33. The molecule has 1 aliphatic rings. The van der Waals surface area contributed by atoms with E-state index in [-0.39, 0.29) is 11.7 Å². The first-order valence-electron chi connectivity index (χ1n) is 9.02. The van der Waals surface area contributed by atoms with Crippen molar-refractivity contribution >= 4 is 17.4 Å². The first kappa shape index (κ1) is 20.1. The van der Waals surface area contributed by atoms with E-state index < -0.39 is 19.1 Å². The summed E-state index contributed by atoms with van der Waals surface area (Å²) in [6, 6.07) is 6.73. The molecule has 1 aromatic carbocycles. The van der Waals surface area contributed by atoms with Crippen LogP contribution < -0.4 is 4.74 Å². The Hall–Kier alpha value is -3.18. The average Bonchev–Trinajstić information content (AvgIpc) is 3.05. The zero-order chi connectivity index (χ0) is 21.5. The first-order valence-corrected chi connectivity index (χ1v) is 9.02. The highest BCUT2D eigenvalue weighted by atomic mass is 19.4. The minimum atomic E-state index is -4.79. The Kier molecular flexibility index (Phi) is 5.08. The highest BCUT2D eigenvalue weighted by molar-refractivity contribution is 5.85. The second-order valence-corrected chi connectivity index (χ2v) is 6.89. The van der Waals surface area contributed by atoms with Crippen molar-refractivity contribution in [2.75, 3.05) is 19.7 Å². The number of benzene rings is 1. The van der Waals surface area contributed by atoms with Crippen LogP contribution in [0.5, 0.6) is 5.75 Å². The van der Waals surface area contributed by atoms with Crippen LogP contribution in [-0.4, -0.2) is 62.3 Å². The summed E-state index contributed by atoms with van der Waals surface area (Å²) in [6.45, 7) is 0.382. The number of alkyl halides is 3. The van der Waals surface area contributed by atoms with Crippen LogP contribution in [0.15, 0.2) is 36.5 Å². The molecule has 2 N–H and O–H groups in total. The molecule has 0 bridgehead atoms. The van der Waals surface area contributed by atoms with Gasteiger partial charge < -0.3 is 19.8 Å². The van der Waals surface area contributed by atoms with Crippen molar-refractivity contribution in [3.05, 3.63) is 47.8 Å². The van der Waals surface area contributed by atoms with Crippen LogP contribution in [0, 0.1) is 0 Å². The number of aromatic nitrogens is 3. The zero-order valence-corrected chi connectivity index (χ0v) is 15.5. The summed E-state index contributed by atoms with van der Waals surface area (Å²) in [5, 5.41) is 24.8. The van der Waals surface area contributed by atoms with Crippen molar-refractivity contribution in [1.82, 2.24) is 19.7 Å². The summed E-state index contributed by atoms with van der Waals surface area (Å²) < 4.78 is 42.6. The van der Waals surface area contributed by atoms with Crippen molar-refractivity contribution in [3.8, 4) is 11.4 Å². The van der Waals surface area contributed by atoms with Crippen LogP contribution in [0.25, 0.3) is 16.7 Å². The molecule has 3 heterocycles. The Bertz CT molecular complexity index is 1060. The fraction of sp³-hybridized carbons (Fsp3) is 0.316. The predicted molar refractivity (Wildman–Crippen MR) is 98.0 cm³/mol. The van der Waals surface area contributed by atoms with E-state index in [2.05, 4.69) is 14.8 Å². The van der Waals surface area contributed by atoms with Gasteiger partial charge in [-0.2, -0.15) is 5.10 Å². The number of amides is 1. The third-order valence-electron chi connectivity index (χ3n) is 4.92. The minimum absolute atomic E-state index is 0.0966. The average molecular weight is 422 g/mol. The lowest BCUT2D eigenvalue weighted by Gasteiger charge is -2.35. The highest BCUT2D eigenvalue weighted by Crippen LogP contribution is 2.35. The predicted octanol–water partition coefficient (Wildman–Crippen LogP) is 1.90. The number of halogens is 3. The van der Waals surface area contributed by atoms with Gasteiger partial charge in [0.05, 0.1) is 18.0 Å². The molecule has 1 unspecified atom stereocenters. The Morgan fingerprint density at radius 3 is 2.53 bits per heavy atom. The Morgan fingerprint density at radius 1 is 1.23 bits per heavy atom. The van der Waals surface area contributed by atoms with Crippen molar-refractivity contribution in [2.45, 2.75) is 18.4 Å². The summed E-state index contributed by atoms with van der Waals surface area (Å²) in [5.74, 6) is -0.464. The van der Waals surface area contributed by atoms with Crippen LogP contribution in [0.4, 0.5) is 13.2 Å². The molecule has 4 rings (SSSR count). The van der Waals surface area contributed by atoms with E-state index in [0.29, 0.717) is 41.1 Å². The third kappa shape index (κ3) is 3.68. The second-order valence-electron chi connectivity index (χ2n) is 6.89. The van der Waals surface area contributed by atoms with E-state index in [0.717, 1.165) is 6.41 Å². The van der Waals surface area contributed by atoms with Crippen molar-refractivity contribution in [2.24, 2.45) is 0 Å². The molecule has 0 aliphatic carbocycles. The number of pyridine rings is 1. The molecule has 3 aromatic rings. The van der Waals surface area contributed by atoms with Crippen LogP contribution >= 0.6 is 0 Å². The number of aliphatic hydroxyl groups excluding tert-OH is 2. The molecule has 1 saturated heterocycles. The molecule has 30 heavy (non-hydrogen) atoms. The van der Waals surface area contributed by atoms with Gasteiger partial charge in [-0.15, -0.1) is 13.2 Å². The molecule has 1 amide bonds. The molecule has 1 fully saturated rings. The molecule has 1 atom stereocenters. The number of hydrogen-bond donors (Lipinski definition) is 2. The maximum absolute atomic E-state index is 12.4. The maximum atomic E-state index is 12.4. The minimum Gasteiger partial charge on any atom is -0.406 e. The topological polar surface area (TPSA) is 101 Å². The standard InChI is InChI=1S/C19H17F3N4O4/c20-19(21,22)30-13-3-1-12(2-4-13)26-18-16(14(5-6-23-18)15(29)9-27)17(24-26)11-7-25(8-11)10-28/h1-6,10-11,15,27,29H,7-9H2. The summed E-state index contributed by atoms with van der Waals surface area (Å²) in [4.78, 5) is 16.8. The van der Waals surface area contributed by atoms with Crippen molar-refractivity contribution in [1.29, 1.82) is 0 Å². The SMILES string of the molecule is O=CN1CC(c2nn(-c3ccc(OC(F)(F)F)cc3)c3nccc(C(O)CO)c23)C1. The van der Waals surface area contributed by atoms with Gasteiger partial charge >= 0.3 is 6.36 Å². The lowest BCUT2D eigenvalue weighted by Crippen LogP contribution is -2.44. The molecule has 1 aliphatic heterocycles. The number of carbonyl (C=O) groups is 1. The summed E-state index contributed by atoms with van der Waals surface area (Å²) >= 11 is 0. The van der Waals surface area contributed by atoms with Gasteiger partial charge in [-0.1, -0.05) is 0 Å². The fourth-order valence-electron chi connectivity index (χ4n) is 3.50. The molecular weight excluding hydrogens is 405 g/mol. The van der Waals surface area contributed by atoms with E-state index in [1.165, 1.54) is 35.1 Å². The van der Waals surface area contributed by atoms with Gasteiger partial charge in [-0.25, -0.2) is 9.67 Å². The van der Waals surface area contributed by atoms with E-state index in [9.17, 15) is 28.2 Å². The van der Waals surface area contributed by atoms with Gasteiger partial charge in [-0.3, -0.25) is 4.79 Å². The van der Waals surface area contributed by atoms with E-state index in [1.807, 2.05) is 0 Å². The molecular formula is C19H17F3N4O4. The summed E-state index contributed by atoms with van der Waals surface area (Å²) in [7, 11) is 0. The summed E-state index contributed by atoms with van der Waals surface area (Å²) in [5.41, 5.74) is 1.85. The second kappa shape index (κ2) is 7.58. The van der Waals surface area contributed by atoms with Crippen LogP contribution in [0.1, 0.15) is 23.3 Å². The number of aliphatic hydroxyl groups is 2. The number of carbonyl (C=O) groups excluding carboxylic acids is 1. The van der Waals surface area contributed by atoms with E-state index in [1.54, 1.807) is 11.0 Å². The molecule has 11 heteroatoms. The Balaban J connectivity index is 1.80. The van der Waals surface area contributed by atoms with Crippen LogP contribution in [0.2, 0.25) is 0 Å². The monoisotopic (exact) mass is 422 g/mol. The maximum Gasteiger partial charge on any atom is 0.573 e. The molecule has 0 spiro atoms. The lowest BCUT2D eigenvalue weighted by molar-refractivity contribution is -0.274. The van der Waals surface area contributed by atoms with Crippen molar-refractivity contribution < 1.29 is 32.9 Å². The number of rotatable bonds is 6. The molecule has 0 saturated carbocycles. The fourth-order valence-corrected chi connectivity index (χ4v) is 3.50. The number of likely N-dealkylation sites (tertiary alicyclic amines) is 1.